The Morgan fingerprint density at radius 2 is 1.57 bits per heavy atom. The van der Waals surface area contributed by atoms with Gasteiger partial charge in [-0.2, -0.15) is 0 Å². The molecule has 1 aliphatic rings. The van der Waals surface area contributed by atoms with Crippen molar-refractivity contribution in [2.24, 2.45) is 0 Å². The number of carbonyl (C=O) groups excluding carboxylic acids is 2. The standard InChI is InChI=1S/C33H41N3O5S/c1-24-18-20-29(21-19-24)42(39,40)36(30-16-10-11-17-31(30)41-4)23-32(37)35(22-27-13-9-8-12-25(27)2)26(3)33(38)34-28-14-6-5-7-15-28/h8-13,16-21,26,28H,5-7,14-15,22-23H2,1-4H3,(H,34,38)/t26-/m1/s1. The maximum atomic E-state index is 14.2. The lowest BCUT2D eigenvalue weighted by Crippen LogP contribution is -2.53. The third-order valence-corrected chi connectivity index (χ3v) is 9.74. The van der Waals surface area contributed by atoms with Crippen molar-refractivity contribution in [3.05, 3.63) is 89.5 Å². The third-order valence-electron chi connectivity index (χ3n) is 7.96. The first-order valence-electron chi connectivity index (χ1n) is 14.5. The smallest absolute Gasteiger partial charge is 0.264 e. The Labute approximate surface area is 249 Å². The predicted octanol–water partition coefficient (Wildman–Crippen LogP) is 5.37. The van der Waals surface area contributed by atoms with Gasteiger partial charge < -0.3 is 15.0 Å². The summed E-state index contributed by atoms with van der Waals surface area (Å²) in [6, 6.07) is 20.1. The first-order chi connectivity index (χ1) is 20.1. The number of hydrogen-bond acceptors (Lipinski definition) is 5. The number of methoxy groups -OCH3 is 1. The molecule has 9 heteroatoms. The monoisotopic (exact) mass is 591 g/mol. The van der Waals surface area contributed by atoms with Crippen LogP contribution in [-0.2, 0) is 26.2 Å². The van der Waals surface area contributed by atoms with Crippen molar-refractivity contribution in [2.75, 3.05) is 18.0 Å². The molecule has 0 spiro atoms. The van der Waals surface area contributed by atoms with Crippen LogP contribution in [0.3, 0.4) is 0 Å². The molecule has 0 aromatic heterocycles. The molecule has 1 atom stereocenters. The van der Waals surface area contributed by atoms with Gasteiger partial charge in [0.1, 0.15) is 18.3 Å². The van der Waals surface area contributed by atoms with Crippen LogP contribution < -0.4 is 14.4 Å². The molecule has 0 bridgehead atoms. The van der Waals surface area contributed by atoms with Crippen LogP contribution in [0.25, 0.3) is 0 Å². The fourth-order valence-electron chi connectivity index (χ4n) is 5.31. The van der Waals surface area contributed by atoms with Gasteiger partial charge in [-0.1, -0.05) is 73.4 Å². The Kier molecular flexibility index (Phi) is 10.3. The zero-order chi connectivity index (χ0) is 30.3. The van der Waals surface area contributed by atoms with Gasteiger partial charge in [-0.05, 0) is 69.0 Å². The van der Waals surface area contributed by atoms with Gasteiger partial charge in [-0.25, -0.2) is 8.42 Å². The highest BCUT2D eigenvalue weighted by atomic mass is 32.2. The summed E-state index contributed by atoms with van der Waals surface area (Å²) in [4.78, 5) is 29.2. The van der Waals surface area contributed by atoms with Crippen molar-refractivity contribution in [2.45, 2.75) is 76.4 Å². The number of ether oxygens (including phenoxy) is 1. The summed E-state index contributed by atoms with van der Waals surface area (Å²) in [6.07, 6.45) is 5.13. The summed E-state index contributed by atoms with van der Waals surface area (Å²) in [5.74, 6) is -0.422. The fraction of sp³-hybridized carbons (Fsp3) is 0.394. The second kappa shape index (κ2) is 13.9. The van der Waals surface area contributed by atoms with E-state index in [2.05, 4.69) is 5.32 Å². The third kappa shape index (κ3) is 7.31. The molecule has 0 unspecified atom stereocenters. The number of sulfonamides is 1. The number of rotatable bonds is 11. The van der Waals surface area contributed by atoms with Crippen molar-refractivity contribution in [3.63, 3.8) is 0 Å². The second-order valence-corrected chi connectivity index (χ2v) is 12.8. The molecule has 0 saturated heterocycles. The van der Waals surface area contributed by atoms with E-state index in [1.165, 1.54) is 24.1 Å². The fourth-order valence-corrected chi connectivity index (χ4v) is 6.73. The predicted molar refractivity (Wildman–Crippen MR) is 165 cm³/mol. The highest BCUT2D eigenvalue weighted by Crippen LogP contribution is 2.32. The minimum atomic E-state index is -4.18. The van der Waals surface area contributed by atoms with Crippen molar-refractivity contribution >= 4 is 27.5 Å². The molecule has 2 amide bonds. The van der Waals surface area contributed by atoms with E-state index in [0.29, 0.717) is 5.75 Å². The lowest BCUT2D eigenvalue weighted by molar-refractivity contribution is -0.139. The van der Waals surface area contributed by atoms with E-state index in [0.717, 1.165) is 53.1 Å². The number of benzene rings is 3. The lowest BCUT2D eigenvalue weighted by Gasteiger charge is -2.33. The quantitative estimate of drug-likeness (QED) is 0.323. The van der Waals surface area contributed by atoms with Crippen molar-refractivity contribution in [1.29, 1.82) is 0 Å². The SMILES string of the molecule is COc1ccccc1N(CC(=O)N(Cc1ccccc1C)[C@H](C)C(=O)NC1CCCCC1)S(=O)(=O)c1ccc(C)cc1. The molecular weight excluding hydrogens is 550 g/mol. The van der Waals surface area contributed by atoms with Crippen LogP contribution in [0.4, 0.5) is 5.69 Å². The number of aryl methyl sites for hydroxylation is 2. The zero-order valence-corrected chi connectivity index (χ0v) is 25.7. The average molecular weight is 592 g/mol. The minimum absolute atomic E-state index is 0.0559. The van der Waals surface area contributed by atoms with E-state index < -0.39 is 28.5 Å². The summed E-state index contributed by atoms with van der Waals surface area (Å²) >= 11 is 0. The summed E-state index contributed by atoms with van der Waals surface area (Å²) in [5.41, 5.74) is 3.01. The molecule has 4 rings (SSSR count). The van der Waals surface area contributed by atoms with Gasteiger partial charge in [0, 0.05) is 12.6 Å². The van der Waals surface area contributed by atoms with Crippen LogP contribution in [0.15, 0.2) is 77.7 Å². The zero-order valence-electron chi connectivity index (χ0n) is 24.9. The van der Waals surface area contributed by atoms with Crippen LogP contribution in [0.5, 0.6) is 5.75 Å². The molecule has 1 aliphatic carbocycles. The number of hydrogen-bond donors (Lipinski definition) is 1. The number of carbonyl (C=O) groups is 2. The number of para-hydroxylation sites is 2. The van der Waals surface area contributed by atoms with Crippen molar-refractivity contribution in [1.82, 2.24) is 10.2 Å². The maximum Gasteiger partial charge on any atom is 0.264 e. The molecule has 3 aromatic rings. The average Bonchev–Trinajstić information content (AvgIpc) is 2.99. The summed E-state index contributed by atoms with van der Waals surface area (Å²) in [5, 5.41) is 3.13. The molecule has 0 radical (unpaired) electrons. The first kappa shape index (κ1) is 31.1. The Morgan fingerprint density at radius 1 is 0.929 bits per heavy atom. The number of anilines is 1. The molecular formula is C33H41N3O5S. The van der Waals surface area contributed by atoms with Gasteiger partial charge in [-0.15, -0.1) is 0 Å². The van der Waals surface area contributed by atoms with Crippen LogP contribution in [0.2, 0.25) is 0 Å². The number of amides is 2. The highest BCUT2D eigenvalue weighted by molar-refractivity contribution is 7.92. The summed E-state index contributed by atoms with van der Waals surface area (Å²) in [6.45, 7) is 5.18. The van der Waals surface area contributed by atoms with Gasteiger partial charge in [0.15, 0.2) is 0 Å². The van der Waals surface area contributed by atoms with Crippen molar-refractivity contribution < 1.29 is 22.7 Å². The van der Waals surface area contributed by atoms with Gasteiger partial charge in [0.05, 0.1) is 17.7 Å². The van der Waals surface area contributed by atoms with Crippen LogP contribution >= 0.6 is 0 Å². The largest absolute Gasteiger partial charge is 0.495 e. The minimum Gasteiger partial charge on any atom is -0.495 e. The molecule has 1 N–H and O–H groups in total. The molecule has 8 nitrogen and oxygen atoms in total. The van der Waals surface area contributed by atoms with Gasteiger partial charge in [-0.3, -0.25) is 13.9 Å². The molecule has 1 saturated carbocycles. The number of nitrogens with one attached hydrogen (secondary N) is 1. The molecule has 3 aromatic carbocycles. The van der Waals surface area contributed by atoms with Crippen molar-refractivity contribution in [3.8, 4) is 5.75 Å². The van der Waals surface area contributed by atoms with E-state index in [1.54, 1.807) is 43.3 Å². The van der Waals surface area contributed by atoms with Crippen LogP contribution in [0, 0.1) is 13.8 Å². The van der Waals surface area contributed by atoms with E-state index in [9.17, 15) is 18.0 Å². The second-order valence-electron chi connectivity index (χ2n) is 11.0. The van der Waals surface area contributed by atoms with Gasteiger partial charge in [0.25, 0.3) is 10.0 Å². The first-order valence-corrected chi connectivity index (χ1v) is 15.9. The lowest BCUT2D eigenvalue weighted by atomic mass is 9.95. The Bertz CT molecular complexity index is 1480. The normalized spacial score (nSPS) is 14.6. The molecule has 224 valence electrons. The highest BCUT2D eigenvalue weighted by Gasteiger charge is 2.34. The Balaban J connectivity index is 1.71. The topological polar surface area (TPSA) is 96.0 Å². The molecule has 0 heterocycles. The Hall–Kier alpha value is -3.85. The van der Waals surface area contributed by atoms with Gasteiger partial charge >= 0.3 is 0 Å². The summed E-state index contributed by atoms with van der Waals surface area (Å²) < 4.78 is 34.7. The van der Waals surface area contributed by atoms with Gasteiger partial charge in [0.2, 0.25) is 11.8 Å². The van der Waals surface area contributed by atoms with E-state index in [-0.39, 0.29) is 29.1 Å². The number of nitrogens with zero attached hydrogens (tertiary/aromatic N) is 2. The Morgan fingerprint density at radius 3 is 2.24 bits per heavy atom. The summed E-state index contributed by atoms with van der Waals surface area (Å²) in [7, 11) is -2.72. The maximum absolute atomic E-state index is 14.2. The van der Waals surface area contributed by atoms with E-state index in [1.807, 2.05) is 38.1 Å². The van der Waals surface area contributed by atoms with Crippen LogP contribution in [0.1, 0.15) is 55.7 Å². The van der Waals surface area contributed by atoms with E-state index >= 15 is 0 Å². The molecule has 0 aliphatic heterocycles. The van der Waals surface area contributed by atoms with E-state index in [4.69, 9.17) is 4.74 Å². The van der Waals surface area contributed by atoms with Crippen LogP contribution in [-0.4, -0.2) is 50.9 Å². The molecule has 1 fully saturated rings. The molecule has 42 heavy (non-hydrogen) atoms.